The van der Waals surface area contributed by atoms with Crippen molar-refractivity contribution in [3.05, 3.63) is 107 Å². The van der Waals surface area contributed by atoms with Crippen LogP contribution in [0.3, 0.4) is 0 Å². The maximum atomic E-state index is 12.9. The molecule has 10 heteroatoms. The van der Waals surface area contributed by atoms with Gasteiger partial charge in [-0.15, -0.1) is 0 Å². The van der Waals surface area contributed by atoms with E-state index in [2.05, 4.69) is 0 Å². The first-order valence-corrected chi connectivity index (χ1v) is 11.3. The number of carbonyl (C=O) groups is 3. The number of phenolic OH excluding ortho intramolecular Hbond substituents is 1. The number of nitriles is 1. The molecule has 1 amide bonds. The molecule has 38 heavy (non-hydrogen) atoms. The lowest BCUT2D eigenvalue weighted by Gasteiger charge is -2.11. The van der Waals surface area contributed by atoms with Crippen molar-refractivity contribution in [1.29, 1.82) is 5.26 Å². The van der Waals surface area contributed by atoms with Gasteiger partial charge in [0, 0.05) is 12.0 Å². The molecule has 3 aromatic carbocycles. The minimum absolute atomic E-state index is 0.260. The number of amides is 1. The number of nitrogens with two attached hydrogens (primary N) is 1. The maximum Gasteiger partial charge on any atom is 0.382 e. The highest BCUT2D eigenvalue weighted by Crippen LogP contribution is 2.30. The van der Waals surface area contributed by atoms with Crippen LogP contribution in [0.1, 0.15) is 42.4 Å². The molecule has 0 aliphatic rings. The Hall–Kier alpha value is -5.40. The summed E-state index contributed by atoms with van der Waals surface area (Å²) in [5.41, 5.74) is 2.37. The molecular formula is C28H21N3O7. The number of aromatic hydroxyl groups is 1. The summed E-state index contributed by atoms with van der Waals surface area (Å²) in [6.45, 7) is 0.443. The first kappa shape index (κ1) is 25.7. The lowest BCUT2D eigenvalue weighted by molar-refractivity contribution is 0.0374. The van der Waals surface area contributed by atoms with Gasteiger partial charge in [-0.1, -0.05) is 42.5 Å². The molecule has 1 aromatic heterocycles. The SMILES string of the molecule is N#Cc1c(O)ccc(C(=O)OC(=O)c2occc2-c2cccc(OCCc3ccccc3)c2)c1C(=O)NN. The van der Waals surface area contributed by atoms with Crippen molar-refractivity contribution >= 4 is 17.8 Å². The topological polar surface area (TPSA) is 165 Å². The zero-order valence-electron chi connectivity index (χ0n) is 19.8. The molecular weight excluding hydrogens is 490 g/mol. The number of phenols is 1. The molecule has 0 fully saturated rings. The number of hydrogen-bond donors (Lipinski definition) is 3. The van der Waals surface area contributed by atoms with Gasteiger partial charge in [0.1, 0.15) is 23.1 Å². The second kappa shape index (κ2) is 11.6. The van der Waals surface area contributed by atoms with Crippen molar-refractivity contribution in [3.63, 3.8) is 0 Å². The first-order chi connectivity index (χ1) is 18.4. The van der Waals surface area contributed by atoms with Gasteiger partial charge >= 0.3 is 11.9 Å². The number of carbonyl (C=O) groups excluding carboxylic acids is 3. The molecule has 4 N–H and O–H groups in total. The monoisotopic (exact) mass is 511 g/mol. The Morgan fingerprint density at radius 2 is 1.79 bits per heavy atom. The van der Waals surface area contributed by atoms with Crippen molar-refractivity contribution in [2.75, 3.05) is 6.61 Å². The number of ether oxygens (including phenoxy) is 2. The molecule has 0 spiro atoms. The summed E-state index contributed by atoms with van der Waals surface area (Å²) in [4.78, 5) is 37.8. The van der Waals surface area contributed by atoms with Crippen LogP contribution in [0.15, 0.2) is 83.5 Å². The number of esters is 2. The fourth-order valence-electron chi connectivity index (χ4n) is 3.75. The van der Waals surface area contributed by atoms with Gasteiger partial charge in [0.05, 0.1) is 24.0 Å². The normalized spacial score (nSPS) is 10.3. The second-order valence-corrected chi connectivity index (χ2v) is 7.92. The summed E-state index contributed by atoms with van der Waals surface area (Å²) in [7, 11) is 0. The Labute approximate surface area is 216 Å². The fourth-order valence-corrected chi connectivity index (χ4v) is 3.75. The zero-order chi connectivity index (χ0) is 27.1. The van der Waals surface area contributed by atoms with Crippen LogP contribution in [0.2, 0.25) is 0 Å². The molecule has 10 nitrogen and oxygen atoms in total. The van der Waals surface area contributed by atoms with E-state index in [1.807, 2.05) is 30.3 Å². The lowest BCUT2D eigenvalue weighted by Crippen LogP contribution is -2.32. The van der Waals surface area contributed by atoms with Crippen LogP contribution < -0.4 is 16.0 Å². The van der Waals surface area contributed by atoms with Gasteiger partial charge < -0.3 is 19.0 Å². The lowest BCUT2D eigenvalue weighted by atomic mass is 10.00. The average molecular weight is 511 g/mol. The third-order valence-electron chi connectivity index (χ3n) is 5.56. The molecule has 0 atom stereocenters. The highest BCUT2D eigenvalue weighted by atomic mass is 16.6. The number of benzene rings is 3. The third kappa shape index (κ3) is 5.53. The number of nitrogens with zero attached hydrogens (tertiary/aromatic N) is 1. The van der Waals surface area contributed by atoms with Crippen LogP contribution in [0, 0.1) is 11.3 Å². The maximum absolute atomic E-state index is 12.9. The summed E-state index contributed by atoms with van der Waals surface area (Å²) in [5, 5.41) is 19.2. The molecule has 0 radical (unpaired) electrons. The van der Waals surface area contributed by atoms with Crippen LogP contribution in [-0.2, 0) is 11.2 Å². The summed E-state index contributed by atoms with van der Waals surface area (Å²) < 4.78 is 16.1. The summed E-state index contributed by atoms with van der Waals surface area (Å²) in [5.74, 6) is 1.51. The molecule has 0 aliphatic heterocycles. The molecule has 4 aromatic rings. The second-order valence-electron chi connectivity index (χ2n) is 7.92. The Bertz CT molecular complexity index is 1540. The van der Waals surface area contributed by atoms with E-state index in [9.17, 15) is 24.8 Å². The first-order valence-electron chi connectivity index (χ1n) is 11.3. The minimum Gasteiger partial charge on any atom is -0.507 e. The van der Waals surface area contributed by atoms with Crippen LogP contribution in [-0.4, -0.2) is 29.6 Å². The molecule has 0 saturated heterocycles. The molecule has 0 aliphatic carbocycles. The molecule has 190 valence electrons. The van der Waals surface area contributed by atoms with Crippen molar-refractivity contribution < 1.29 is 33.4 Å². The molecule has 0 saturated carbocycles. The van der Waals surface area contributed by atoms with E-state index >= 15 is 0 Å². The fraction of sp³-hybridized carbons (Fsp3) is 0.0714. The number of hydrogen-bond acceptors (Lipinski definition) is 9. The highest BCUT2D eigenvalue weighted by Gasteiger charge is 2.28. The van der Waals surface area contributed by atoms with E-state index < -0.39 is 40.3 Å². The van der Waals surface area contributed by atoms with Crippen molar-refractivity contribution in [2.24, 2.45) is 5.84 Å². The largest absolute Gasteiger partial charge is 0.507 e. The third-order valence-corrected chi connectivity index (χ3v) is 5.56. The Morgan fingerprint density at radius 1 is 1.00 bits per heavy atom. The Kier molecular flexibility index (Phi) is 7.81. The average Bonchev–Trinajstić information content (AvgIpc) is 3.43. The Balaban J connectivity index is 1.52. The van der Waals surface area contributed by atoms with Crippen LogP contribution in [0.5, 0.6) is 11.5 Å². The number of hydrazine groups is 1. The van der Waals surface area contributed by atoms with Crippen LogP contribution >= 0.6 is 0 Å². The number of nitrogens with one attached hydrogen (secondary N) is 1. The van der Waals surface area contributed by atoms with E-state index in [4.69, 9.17) is 19.7 Å². The quantitative estimate of drug-likeness (QED) is 0.105. The number of furan rings is 1. The van der Waals surface area contributed by atoms with Crippen LogP contribution in [0.25, 0.3) is 11.1 Å². The zero-order valence-corrected chi connectivity index (χ0v) is 19.8. The summed E-state index contributed by atoms with van der Waals surface area (Å²) in [6.07, 6.45) is 1.98. The van der Waals surface area contributed by atoms with Crippen molar-refractivity contribution in [1.82, 2.24) is 5.43 Å². The molecule has 0 bridgehead atoms. The van der Waals surface area contributed by atoms with Gasteiger partial charge in [-0.05, 0) is 41.5 Å². The summed E-state index contributed by atoms with van der Waals surface area (Å²) in [6, 6.07) is 22.1. The van der Waals surface area contributed by atoms with E-state index in [0.717, 1.165) is 17.7 Å². The van der Waals surface area contributed by atoms with Gasteiger partial charge in [0.2, 0.25) is 5.76 Å². The Morgan fingerprint density at radius 3 is 2.53 bits per heavy atom. The van der Waals surface area contributed by atoms with Crippen LogP contribution in [0.4, 0.5) is 0 Å². The van der Waals surface area contributed by atoms with Gasteiger partial charge in [-0.2, -0.15) is 5.26 Å². The predicted molar refractivity (Wildman–Crippen MR) is 134 cm³/mol. The van der Waals surface area contributed by atoms with Gasteiger partial charge in [0.25, 0.3) is 5.91 Å². The predicted octanol–water partition coefficient (Wildman–Crippen LogP) is 3.75. The standard InChI is InChI=1S/C28H21N3O7/c29-16-22-23(32)10-9-21(24(22)26(33)31-30)27(34)38-28(35)25-20(12-14-37-25)18-7-4-8-19(15-18)36-13-11-17-5-2-1-3-6-17/h1-10,12,14-15,32H,11,13,30H2,(H,31,33). The smallest absolute Gasteiger partial charge is 0.382 e. The van der Waals surface area contributed by atoms with Crippen molar-refractivity contribution in [2.45, 2.75) is 6.42 Å². The molecule has 0 unspecified atom stereocenters. The number of rotatable bonds is 8. The molecule has 1 heterocycles. The minimum atomic E-state index is -1.24. The van der Waals surface area contributed by atoms with E-state index in [1.54, 1.807) is 35.8 Å². The number of nitrogen functional groups attached to an aromatic ring is 1. The van der Waals surface area contributed by atoms with Crippen molar-refractivity contribution in [3.8, 4) is 28.7 Å². The van der Waals surface area contributed by atoms with E-state index in [1.165, 1.54) is 12.3 Å². The highest BCUT2D eigenvalue weighted by molar-refractivity contribution is 6.11. The van der Waals surface area contributed by atoms with Gasteiger partial charge in [-0.3, -0.25) is 10.2 Å². The van der Waals surface area contributed by atoms with E-state index in [-0.39, 0.29) is 5.76 Å². The van der Waals surface area contributed by atoms with E-state index in [0.29, 0.717) is 29.9 Å². The van der Waals surface area contributed by atoms with Gasteiger partial charge in [0.15, 0.2) is 0 Å². The molecule has 4 rings (SSSR count). The summed E-state index contributed by atoms with van der Waals surface area (Å²) >= 11 is 0. The van der Waals surface area contributed by atoms with Gasteiger partial charge in [-0.25, -0.2) is 15.4 Å².